The summed E-state index contributed by atoms with van der Waals surface area (Å²) in [5, 5.41) is 0. The maximum atomic E-state index is 6.59. The molecule has 1 heterocycles. The molecular formula is C16H26N2. The maximum Gasteiger partial charge on any atom is 0.0538 e. The second-order valence-electron chi connectivity index (χ2n) is 6.82. The van der Waals surface area contributed by atoms with E-state index in [1.54, 1.807) is 0 Å². The second kappa shape index (κ2) is 4.67. The summed E-state index contributed by atoms with van der Waals surface area (Å²) in [5.74, 6) is 0. The average molecular weight is 246 g/mol. The molecule has 0 saturated carbocycles. The van der Waals surface area contributed by atoms with Gasteiger partial charge in [-0.15, -0.1) is 0 Å². The predicted octanol–water partition coefficient (Wildman–Crippen LogP) is 2.86. The van der Waals surface area contributed by atoms with Crippen molar-refractivity contribution in [2.45, 2.75) is 44.6 Å². The molecule has 0 amide bonds. The number of likely N-dealkylation sites (tertiary alicyclic amines) is 1. The summed E-state index contributed by atoms with van der Waals surface area (Å²) >= 11 is 0. The van der Waals surface area contributed by atoms with Crippen LogP contribution in [0.15, 0.2) is 24.3 Å². The summed E-state index contributed by atoms with van der Waals surface area (Å²) in [6.07, 6.45) is 2.28. The Kier molecular flexibility index (Phi) is 3.52. The molecular weight excluding hydrogens is 220 g/mol. The van der Waals surface area contributed by atoms with Gasteiger partial charge in [-0.05, 0) is 43.0 Å². The first-order valence-corrected chi connectivity index (χ1v) is 6.90. The SMILES string of the molecule is CN1CCCC(N)(c2ccc(C(C)(C)C)cc2)C1. The lowest BCUT2D eigenvalue weighted by molar-refractivity contribution is 0.179. The number of nitrogens with zero attached hydrogens (tertiary/aromatic N) is 1. The van der Waals surface area contributed by atoms with Crippen LogP contribution in [0.25, 0.3) is 0 Å². The highest BCUT2D eigenvalue weighted by atomic mass is 15.1. The summed E-state index contributed by atoms with van der Waals surface area (Å²) in [6.45, 7) is 8.86. The summed E-state index contributed by atoms with van der Waals surface area (Å²) in [7, 11) is 2.16. The highest BCUT2D eigenvalue weighted by Gasteiger charge is 2.31. The molecule has 0 bridgehead atoms. The van der Waals surface area contributed by atoms with Crippen LogP contribution in [0.3, 0.4) is 0 Å². The molecule has 2 rings (SSSR count). The fourth-order valence-corrected chi connectivity index (χ4v) is 2.84. The maximum absolute atomic E-state index is 6.59. The Labute approximate surface area is 111 Å². The van der Waals surface area contributed by atoms with Crippen LogP contribution in [0.5, 0.6) is 0 Å². The quantitative estimate of drug-likeness (QED) is 0.825. The van der Waals surface area contributed by atoms with Crippen molar-refractivity contribution in [1.82, 2.24) is 4.90 Å². The van der Waals surface area contributed by atoms with Crippen LogP contribution < -0.4 is 5.73 Å². The van der Waals surface area contributed by atoms with Gasteiger partial charge in [0.05, 0.1) is 5.54 Å². The van der Waals surface area contributed by atoms with Gasteiger partial charge in [0, 0.05) is 6.54 Å². The van der Waals surface area contributed by atoms with Gasteiger partial charge in [-0.2, -0.15) is 0 Å². The molecule has 1 unspecified atom stereocenters. The molecule has 1 aliphatic heterocycles. The Morgan fingerprint density at radius 2 is 1.78 bits per heavy atom. The summed E-state index contributed by atoms with van der Waals surface area (Å²) in [6, 6.07) is 8.91. The first-order valence-electron chi connectivity index (χ1n) is 6.90. The minimum absolute atomic E-state index is 0.163. The van der Waals surface area contributed by atoms with E-state index < -0.39 is 0 Å². The number of piperidine rings is 1. The van der Waals surface area contributed by atoms with Crippen LogP contribution in [0.2, 0.25) is 0 Å². The standard InChI is InChI=1S/C16H26N2/c1-15(2,3)13-6-8-14(9-7-13)16(17)10-5-11-18(4)12-16/h6-9H,5,10-12,17H2,1-4H3. The van der Waals surface area contributed by atoms with Crippen LogP contribution in [-0.4, -0.2) is 25.0 Å². The second-order valence-corrected chi connectivity index (χ2v) is 6.82. The van der Waals surface area contributed by atoms with E-state index in [9.17, 15) is 0 Å². The van der Waals surface area contributed by atoms with Crippen molar-refractivity contribution in [3.8, 4) is 0 Å². The molecule has 1 aliphatic rings. The van der Waals surface area contributed by atoms with Gasteiger partial charge in [-0.3, -0.25) is 0 Å². The minimum atomic E-state index is -0.163. The van der Waals surface area contributed by atoms with Gasteiger partial charge >= 0.3 is 0 Å². The topological polar surface area (TPSA) is 29.3 Å². The van der Waals surface area contributed by atoms with Crippen LogP contribution in [0.1, 0.15) is 44.7 Å². The van der Waals surface area contributed by atoms with E-state index in [0.29, 0.717) is 0 Å². The van der Waals surface area contributed by atoms with Crippen molar-refractivity contribution >= 4 is 0 Å². The molecule has 1 fully saturated rings. The molecule has 1 aromatic carbocycles. The smallest absolute Gasteiger partial charge is 0.0538 e. The molecule has 0 radical (unpaired) electrons. The van der Waals surface area contributed by atoms with Crippen molar-refractivity contribution in [2.75, 3.05) is 20.1 Å². The van der Waals surface area contributed by atoms with E-state index in [4.69, 9.17) is 5.73 Å². The molecule has 1 atom stereocenters. The summed E-state index contributed by atoms with van der Waals surface area (Å²) in [4.78, 5) is 2.33. The molecule has 0 aromatic heterocycles. The summed E-state index contributed by atoms with van der Waals surface area (Å²) in [5.41, 5.74) is 9.29. The van der Waals surface area contributed by atoms with Crippen LogP contribution in [0, 0.1) is 0 Å². The van der Waals surface area contributed by atoms with E-state index in [-0.39, 0.29) is 11.0 Å². The Bertz CT molecular complexity index is 402. The fourth-order valence-electron chi connectivity index (χ4n) is 2.84. The van der Waals surface area contributed by atoms with E-state index in [0.717, 1.165) is 13.0 Å². The van der Waals surface area contributed by atoms with Crippen LogP contribution >= 0.6 is 0 Å². The van der Waals surface area contributed by atoms with E-state index in [2.05, 4.69) is 57.0 Å². The molecule has 2 nitrogen and oxygen atoms in total. The zero-order chi connectivity index (χ0) is 13.4. The summed E-state index contributed by atoms with van der Waals surface area (Å²) < 4.78 is 0. The van der Waals surface area contributed by atoms with Gasteiger partial charge in [-0.1, -0.05) is 45.0 Å². The molecule has 1 saturated heterocycles. The Balaban J connectivity index is 2.23. The average Bonchev–Trinajstić information content (AvgIpc) is 2.28. The highest BCUT2D eigenvalue weighted by Crippen LogP contribution is 2.30. The van der Waals surface area contributed by atoms with Crippen molar-refractivity contribution in [1.29, 1.82) is 0 Å². The van der Waals surface area contributed by atoms with E-state index in [1.807, 2.05) is 0 Å². The monoisotopic (exact) mass is 246 g/mol. The number of rotatable bonds is 1. The van der Waals surface area contributed by atoms with Gasteiger partial charge in [0.1, 0.15) is 0 Å². The molecule has 2 heteroatoms. The lowest BCUT2D eigenvalue weighted by Crippen LogP contribution is -2.50. The van der Waals surface area contributed by atoms with Gasteiger partial charge in [0.15, 0.2) is 0 Å². The van der Waals surface area contributed by atoms with Crippen LogP contribution in [0.4, 0.5) is 0 Å². The number of benzene rings is 1. The molecule has 100 valence electrons. The largest absolute Gasteiger partial charge is 0.320 e. The Hall–Kier alpha value is -0.860. The van der Waals surface area contributed by atoms with Crippen LogP contribution in [-0.2, 0) is 11.0 Å². The number of likely N-dealkylation sites (N-methyl/N-ethyl adjacent to an activating group) is 1. The first-order chi connectivity index (χ1) is 8.31. The molecule has 0 aliphatic carbocycles. The zero-order valence-electron chi connectivity index (χ0n) is 12.2. The fraction of sp³-hybridized carbons (Fsp3) is 0.625. The molecule has 1 aromatic rings. The van der Waals surface area contributed by atoms with Crippen molar-refractivity contribution in [3.05, 3.63) is 35.4 Å². The lowest BCUT2D eigenvalue weighted by atomic mass is 9.80. The predicted molar refractivity (Wildman–Crippen MR) is 77.7 cm³/mol. The lowest BCUT2D eigenvalue weighted by Gasteiger charge is -2.39. The van der Waals surface area contributed by atoms with Crippen molar-refractivity contribution in [2.24, 2.45) is 5.73 Å². The highest BCUT2D eigenvalue weighted by molar-refractivity contribution is 5.32. The number of nitrogens with two attached hydrogens (primary N) is 1. The van der Waals surface area contributed by atoms with Crippen molar-refractivity contribution in [3.63, 3.8) is 0 Å². The van der Waals surface area contributed by atoms with Gasteiger partial charge < -0.3 is 10.6 Å². The third-order valence-electron chi connectivity index (χ3n) is 4.04. The Morgan fingerprint density at radius 3 is 2.28 bits per heavy atom. The normalized spacial score (nSPS) is 26.3. The van der Waals surface area contributed by atoms with Gasteiger partial charge in [0.2, 0.25) is 0 Å². The minimum Gasteiger partial charge on any atom is -0.320 e. The van der Waals surface area contributed by atoms with Gasteiger partial charge in [-0.25, -0.2) is 0 Å². The number of hydrogen-bond donors (Lipinski definition) is 1. The molecule has 18 heavy (non-hydrogen) atoms. The third-order valence-corrected chi connectivity index (χ3v) is 4.04. The third kappa shape index (κ3) is 2.76. The van der Waals surface area contributed by atoms with Crippen molar-refractivity contribution < 1.29 is 0 Å². The van der Waals surface area contributed by atoms with E-state index in [1.165, 1.54) is 24.1 Å². The first kappa shape index (κ1) is 13.6. The number of hydrogen-bond acceptors (Lipinski definition) is 2. The molecule has 0 spiro atoms. The zero-order valence-corrected chi connectivity index (χ0v) is 12.2. The van der Waals surface area contributed by atoms with Gasteiger partial charge in [0.25, 0.3) is 0 Å². The molecule has 2 N–H and O–H groups in total. The van der Waals surface area contributed by atoms with E-state index >= 15 is 0 Å². The Morgan fingerprint density at radius 1 is 1.17 bits per heavy atom.